The van der Waals surface area contributed by atoms with E-state index in [1.54, 1.807) is 43.0 Å². The molecule has 3 aromatic heterocycles. The fourth-order valence-corrected chi connectivity index (χ4v) is 4.75. The summed E-state index contributed by atoms with van der Waals surface area (Å²) in [5.74, 6) is 1.08. The topological polar surface area (TPSA) is 129 Å². The molecule has 0 spiro atoms. The number of carbonyl (C=O) groups is 1. The van der Waals surface area contributed by atoms with Crippen molar-refractivity contribution in [1.29, 1.82) is 5.26 Å². The van der Waals surface area contributed by atoms with Gasteiger partial charge in [0.05, 0.1) is 41.2 Å². The first kappa shape index (κ1) is 24.8. The first-order valence-electron chi connectivity index (χ1n) is 12.3. The lowest BCUT2D eigenvalue weighted by molar-refractivity contribution is -0.0381. The van der Waals surface area contributed by atoms with Crippen LogP contribution in [0.5, 0.6) is 5.75 Å². The number of aliphatic hydroxyl groups is 1. The van der Waals surface area contributed by atoms with Crippen molar-refractivity contribution < 1.29 is 19.4 Å². The largest absolute Gasteiger partial charge is 0.489 e. The van der Waals surface area contributed by atoms with Crippen LogP contribution in [0, 0.1) is 11.3 Å². The number of fused-ring (bicyclic) bond motifs is 3. The number of pyridine rings is 1. The molecule has 3 aromatic rings. The number of hydrogen-bond donors (Lipinski definition) is 1. The van der Waals surface area contributed by atoms with E-state index in [4.69, 9.17) is 9.47 Å². The van der Waals surface area contributed by atoms with Crippen LogP contribution < -0.4 is 9.64 Å². The Morgan fingerprint density at radius 3 is 2.43 bits per heavy atom. The van der Waals surface area contributed by atoms with E-state index in [1.807, 2.05) is 25.7 Å². The van der Waals surface area contributed by atoms with Gasteiger partial charge in [0.2, 0.25) is 5.95 Å². The molecule has 11 nitrogen and oxygen atoms in total. The van der Waals surface area contributed by atoms with Crippen molar-refractivity contribution in [2.75, 3.05) is 24.6 Å². The zero-order chi connectivity index (χ0) is 26.5. The van der Waals surface area contributed by atoms with Crippen molar-refractivity contribution in [3.63, 3.8) is 0 Å². The van der Waals surface area contributed by atoms with Crippen molar-refractivity contribution >= 4 is 17.6 Å². The maximum Gasteiger partial charge on any atom is 0.410 e. The summed E-state index contributed by atoms with van der Waals surface area (Å²) in [7, 11) is 0. The van der Waals surface area contributed by atoms with Crippen molar-refractivity contribution in [3.05, 3.63) is 36.4 Å². The number of hydrogen-bond acceptors (Lipinski definition) is 9. The Morgan fingerprint density at radius 2 is 1.84 bits per heavy atom. The molecule has 1 N–H and O–H groups in total. The molecule has 2 unspecified atom stereocenters. The van der Waals surface area contributed by atoms with Gasteiger partial charge in [-0.3, -0.25) is 4.90 Å². The van der Waals surface area contributed by atoms with Crippen molar-refractivity contribution in [2.24, 2.45) is 0 Å². The van der Waals surface area contributed by atoms with Crippen LogP contribution >= 0.6 is 0 Å². The highest BCUT2D eigenvalue weighted by Crippen LogP contribution is 2.36. The molecular formula is C26H31N7O4. The molecule has 1 amide bonds. The minimum Gasteiger partial charge on any atom is -0.489 e. The predicted molar refractivity (Wildman–Crippen MR) is 135 cm³/mol. The second-order valence-electron chi connectivity index (χ2n) is 11.3. The summed E-state index contributed by atoms with van der Waals surface area (Å²) in [5, 5.41) is 23.9. The fraction of sp³-hybridized carbons (Fsp3) is 0.500. The normalized spacial score (nSPS) is 19.4. The summed E-state index contributed by atoms with van der Waals surface area (Å²) in [5.41, 5.74) is 0.926. The van der Waals surface area contributed by atoms with E-state index >= 15 is 0 Å². The number of anilines is 1. The maximum atomic E-state index is 12.6. The van der Waals surface area contributed by atoms with E-state index in [1.165, 1.54) is 6.20 Å². The average molecular weight is 506 g/mol. The number of ether oxygens (including phenoxy) is 2. The van der Waals surface area contributed by atoms with Gasteiger partial charge in [-0.2, -0.15) is 10.4 Å². The highest BCUT2D eigenvalue weighted by molar-refractivity contribution is 5.84. The van der Waals surface area contributed by atoms with Crippen LogP contribution in [0.25, 0.3) is 16.6 Å². The molecule has 2 bridgehead atoms. The van der Waals surface area contributed by atoms with Gasteiger partial charge in [0.1, 0.15) is 24.0 Å². The van der Waals surface area contributed by atoms with Crippen LogP contribution in [0.15, 0.2) is 30.9 Å². The third-order valence-corrected chi connectivity index (χ3v) is 6.33. The lowest BCUT2D eigenvalue weighted by Gasteiger charge is -2.55. The Bertz CT molecular complexity index is 1350. The number of amides is 1. The van der Waals surface area contributed by atoms with E-state index in [9.17, 15) is 15.2 Å². The quantitative estimate of drug-likeness (QED) is 0.556. The number of piperazine rings is 1. The van der Waals surface area contributed by atoms with Gasteiger partial charge in [0, 0.05) is 36.6 Å². The molecule has 0 radical (unpaired) electrons. The molecule has 6 rings (SSSR count). The van der Waals surface area contributed by atoms with Crippen LogP contribution in [0.2, 0.25) is 0 Å². The standard InChI is InChI=1S/C26H31N7O4/c1-25(2,3)37-24(34)33-18-6-19(33)13-31(12-18)23-28-9-17(10-29-23)21-7-20(36-15-26(4,5)35)14-32-22(21)16(8-27)11-30-32/h7,9-11,14,18-19,35H,6,12-13,15H2,1-5H3. The number of rotatable bonds is 5. The Hall–Kier alpha value is -3.91. The average Bonchev–Trinajstić information content (AvgIpc) is 3.24. The Labute approximate surface area is 215 Å². The first-order chi connectivity index (χ1) is 17.4. The van der Waals surface area contributed by atoms with Gasteiger partial charge in [-0.05, 0) is 47.1 Å². The molecule has 194 valence electrons. The van der Waals surface area contributed by atoms with Gasteiger partial charge in [0.15, 0.2) is 0 Å². The lowest BCUT2D eigenvalue weighted by atomic mass is 9.88. The van der Waals surface area contributed by atoms with E-state index in [0.29, 0.717) is 47.0 Å². The first-order valence-corrected chi connectivity index (χ1v) is 12.3. The molecule has 11 heteroatoms. The zero-order valence-electron chi connectivity index (χ0n) is 21.7. The van der Waals surface area contributed by atoms with E-state index in [-0.39, 0.29) is 24.8 Å². The predicted octanol–water partition coefficient (Wildman–Crippen LogP) is 3.01. The Kier molecular flexibility index (Phi) is 5.95. The van der Waals surface area contributed by atoms with Gasteiger partial charge in [0.25, 0.3) is 0 Å². The molecule has 2 atom stereocenters. The van der Waals surface area contributed by atoms with Crippen molar-refractivity contribution in [3.8, 4) is 22.9 Å². The van der Waals surface area contributed by atoms with E-state index < -0.39 is 11.2 Å². The van der Waals surface area contributed by atoms with Crippen LogP contribution in [-0.2, 0) is 4.74 Å². The molecule has 3 fully saturated rings. The highest BCUT2D eigenvalue weighted by Gasteiger charge is 2.49. The summed E-state index contributed by atoms with van der Waals surface area (Å²) in [4.78, 5) is 25.7. The molecule has 0 aliphatic carbocycles. The van der Waals surface area contributed by atoms with Crippen LogP contribution in [-0.4, -0.2) is 78.7 Å². The minimum atomic E-state index is -1.00. The van der Waals surface area contributed by atoms with Crippen LogP contribution in [0.1, 0.15) is 46.6 Å². The number of piperidine rings is 1. The molecule has 37 heavy (non-hydrogen) atoms. The molecule has 0 aromatic carbocycles. The maximum absolute atomic E-state index is 12.6. The Balaban J connectivity index is 1.37. The Morgan fingerprint density at radius 1 is 1.16 bits per heavy atom. The SMILES string of the molecule is CC(C)(O)COc1cc(-c2cnc(N3CC4CC(C3)N4C(=O)OC(C)(C)C)nc2)c2c(C#N)cnn2c1. The molecule has 0 saturated carbocycles. The lowest BCUT2D eigenvalue weighted by Crippen LogP contribution is -2.70. The molecule has 6 heterocycles. The van der Waals surface area contributed by atoms with Crippen molar-refractivity contribution in [2.45, 2.75) is 64.3 Å². The van der Waals surface area contributed by atoms with Gasteiger partial charge >= 0.3 is 6.09 Å². The van der Waals surface area contributed by atoms with Crippen LogP contribution in [0.4, 0.5) is 10.7 Å². The summed E-state index contributed by atoms with van der Waals surface area (Å²) in [6, 6.07) is 4.13. The highest BCUT2D eigenvalue weighted by atomic mass is 16.6. The second kappa shape index (κ2) is 8.88. The van der Waals surface area contributed by atoms with Gasteiger partial charge < -0.3 is 19.5 Å². The smallest absolute Gasteiger partial charge is 0.410 e. The molecule has 3 aliphatic heterocycles. The van der Waals surface area contributed by atoms with E-state index in [2.05, 4.69) is 26.0 Å². The zero-order valence-corrected chi connectivity index (χ0v) is 21.7. The summed E-state index contributed by atoms with van der Waals surface area (Å²) >= 11 is 0. The van der Waals surface area contributed by atoms with E-state index in [0.717, 1.165) is 6.42 Å². The van der Waals surface area contributed by atoms with Gasteiger partial charge in [-0.15, -0.1) is 0 Å². The minimum absolute atomic E-state index is 0.0751. The molecule has 3 saturated heterocycles. The summed E-state index contributed by atoms with van der Waals surface area (Å²) < 4.78 is 12.9. The summed E-state index contributed by atoms with van der Waals surface area (Å²) in [6.07, 6.45) is 7.30. The second-order valence-corrected chi connectivity index (χ2v) is 11.3. The monoisotopic (exact) mass is 505 g/mol. The van der Waals surface area contributed by atoms with Crippen LogP contribution in [0.3, 0.4) is 0 Å². The van der Waals surface area contributed by atoms with Crippen molar-refractivity contribution in [1.82, 2.24) is 24.5 Å². The number of nitriles is 1. The number of nitrogens with zero attached hydrogens (tertiary/aromatic N) is 7. The molecular weight excluding hydrogens is 474 g/mol. The third kappa shape index (κ3) is 5.02. The van der Waals surface area contributed by atoms with Gasteiger partial charge in [-0.1, -0.05) is 0 Å². The summed E-state index contributed by atoms with van der Waals surface area (Å²) in [6.45, 7) is 10.3. The third-order valence-electron chi connectivity index (χ3n) is 6.33. The van der Waals surface area contributed by atoms with Gasteiger partial charge in [-0.25, -0.2) is 19.3 Å². The fourth-order valence-electron chi connectivity index (χ4n) is 4.75. The number of aromatic nitrogens is 4. The molecule has 3 aliphatic rings. The number of carbonyl (C=O) groups excluding carboxylic acids is 1.